The monoisotopic (exact) mass is 388 g/mol. The zero-order valence-electron chi connectivity index (χ0n) is 14.2. The van der Waals surface area contributed by atoms with Gasteiger partial charge in [0.05, 0.1) is 23.0 Å². The minimum absolute atomic E-state index is 0.0887. The molecule has 3 aromatic rings. The van der Waals surface area contributed by atoms with Gasteiger partial charge in [-0.3, -0.25) is 0 Å². The zero-order valence-corrected chi connectivity index (χ0v) is 15.9. The lowest BCUT2D eigenvalue weighted by Crippen LogP contribution is -2.16. The number of esters is 2. The minimum atomic E-state index is -0.573. The number of hydrogen-bond acceptors (Lipinski definition) is 8. The van der Waals surface area contributed by atoms with Gasteiger partial charge in [-0.1, -0.05) is 12.1 Å². The molecule has 0 aliphatic rings. The van der Waals surface area contributed by atoms with Gasteiger partial charge in [-0.2, -0.15) is 0 Å². The van der Waals surface area contributed by atoms with E-state index in [1.165, 1.54) is 22.7 Å². The number of ether oxygens (including phenoxy) is 2. The summed E-state index contributed by atoms with van der Waals surface area (Å²) in [7, 11) is 0. The first-order chi connectivity index (χ1) is 12.7. The van der Waals surface area contributed by atoms with Crippen LogP contribution in [0.4, 0.5) is 0 Å². The quantitative estimate of drug-likeness (QED) is 0.586. The van der Waals surface area contributed by atoms with Crippen molar-refractivity contribution >= 4 is 34.6 Å². The highest BCUT2D eigenvalue weighted by molar-refractivity contribution is 7.13. The third-order valence-electron chi connectivity index (χ3n) is 3.34. The van der Waals surface area contributed by atoms with Crippen LogP contribution < -0.4 is 0 Å². The van der Waals surface area contributed by atoms with Crippen LogP contribution in [-0.4, -0.2) is 35.1 Å². The van der Waals surface area contributed by atoms with E-state index in [0.717, 1.165) is 9.75 Å². The molecule has 0 N–H and O–H groups in total. The molecule has 0 atom stereocenters. The van der Waals surface area contributed by atoms with Crippen LogP contribution in [-0.2, 0) is 9.47 Å². The third kappa shape index (κ3) is 3.66. The van der Waals surface area contributed by atoms with E-state index in [4.69, 9.17) is 9.47 Å². The molecule has 3 rings (SSSR count). The summed E-state index contributed by atoms with van der Waals surface area (Å²) in [6.45, 7) is 3.89. The van der Waals surface area contributed by atoms with Crippen molar-refractivity contribution in [1.82, 2.24) is 9.97 Å². The predicted molar refractivity (Wildman–Crippen MR) is 101 cm³/mol. The van der Waals surface area contributed by atoms with E-state index in [1.807, 2.05) is 35.0 Å². The molecule has 0 aromatic carbocycles. The standard InChI is InChI=1S/C18H16N2O4S2/c1-3-23-17(21)15-13(11-7-5-9-25-11)20-16(18(22)24-4-2)14(19-15)12-8-6-10-26-12/h5-10H,3-4H2,1-2H3. The van der Waals surface area contributed by atoms with Crippen LogP contribution in [0.25, 0.3) is 21.1 Å². The van der Waals surface area contributed by atoms with E-state index in [0.29, 0.717) is 11.4 Å². The second-order valence-electron chi connectivity index (χ2n) is 5.01. The van der Waals surface area contributed by atoms with Crippen molar-refractivity contribution in [2.45, 2.75) is 13.8 Å². The highest BCUT2D eigenvalue weighted by atomic mass is 32.1. The van der Waals surface area contributed by atoms with Crippen molar-refractivity contribution in [2.24, 2.45) is 0 Å². The summed E-state index contributed by atoms with van der Waals surface area (Å²) < 4.78 is 10.3. The van der Waals surface area contributed by atoms with Crippen LogP contribution in [0.1, 0.15) is 34.8 Å². The number of thiophene rings is 2. The van der Waals surface area contributed by atoms with Gasteiger partial charge in [0.2, 0.25) is 0 Å². The highest BCUT2D eigenvalue weighted by Crippen LogP contribution is 2.32. The molecule has 8 heteroatoms. The topological polar surface area (TPSA) is 78.4 Å². The van der Waals surface area contributed by atoms with Gasteiger partial charge in [-0.05, 0) is 36.7 Å². The highest BCUT2D eigenvalue weighted by Gasteiger charge is 2.26. The van der Waals surface area contributed by atoms with Crippen LogP contribution in [0.3, 0.4) is 0 Å². The summed E-state index contributed by atoms with van der Waals surface area (Å²) in [5.74, 6) is -1.15. The number of carbonyl (C=O) groups excluding carboxylic acids is 2. The Kier molecular flexibility index (Phi) is 5.75. The normalized spacial score (nSPS) is 10.5. The molecule has 0 radical (unpaired) electrons. The van der Waals surface area contributed by atoms with E-state index in [1.54, 1.807) is 13.8 Å². The van der Waals surface area contributed by atoms with Crippen LogP contribution >= 0.6 is 22.7 Å². The minimum Gasteiger partial charge on any atom is -0.461 e. The summed E-state index contributed by atoms with van der Waals surface area (Å²) in [6.07, 6.45) is 0. The molecule has 0 amide bonds. The average Bonchev–Trinajstić information content (AvgIpc) is 3.34. The molecule has 134 valence electrons. The molecule has 0 fully saturated rings. The summed E-state index contributed by atoms with van der Waals surface area (Å²) in [5, 5.41) is 3.73. The van der Waals surface area contributed by atoms with E-state index in [-0.39, 0.29) is 24.6 Å². The lowest BCUT2D eigenvalue weighted by Gasteiger charge is -2.12. The lowest BCUT2D eigenvalue weighted by atomic mass is 10.2. The van der Waals surface area contributed by atoms with Crippen LogP contribution in [0.15, 0.2) is 35.0 Å². The van der Waals surface area contributed by atoms with E-state index in [9.17, 15) is 9.59 Å². The number of nitrogens with zero attached hydrogens (tertiary/aromatic N) is 2. The Morgan fingerprint density at radius 2 is 1.27 bits per heavy atom. The fourth-order valence-corrected chi connectivity index (χ4v) is 3.72. The van der Waals surface area contributed by atoms with E-state index < -0.39 is 11.9 Å². The van der Waals surface area contributed by atoms with E-state index in [2.05, 4.69) is 9.97 Å². The predicted octanol–water partition coefficient (Wildman–Crippen LogP) is 4.29. The molecular weight excluding hydrogens is 372 g/mol. The summed E-state index contributed by atoms with van der Waals surface area (Å²) in [6, 6.07) is 7.32. The van der Waals surface area contributed by atoms with Crippen LogP contribution in [0, 0.1) is 0 Å². The van der Waals surface area contributed by atoms with Gasteiger partial charge in [-0.15, -0.1) is 22.7 Å². The van der Waals surface area contributed by atoms with Crippen molar-refractivity contribution in [3.8, 4) is 21.1 Å². The Hall–Kier alpha value is -2.58. The van der Waals surface area contributed by atoms with Gasteiger partial charge < -0.3 is 9.47 Å². The maximum absolute atomic E-state index is 12.5. The number of hydrogen-bond donors (Lipinski definition) is 0. The van der Waals surface area contributed by atoms with Gasteiger partial charge in [0.15, 0.2) is 11.4 Å². The second kappa shape index (κ2) is 8.20. The molecule has 26 heavy (non-hydrogen) atoms. The molecule has 0 spiro atoms. The molecule has 0 aliphatic carbocycles. The first-order valence-electron chi connectivity index (χ1n) is 7.99. The van der Waals surface area contributed by atoms with Crippen LogP contribution in [0.5, 0.6) is 0 Å². The van der Waals surface area contributed by atoms with Crippen LogP contribution in [0.2, 0.25) is 0 Å². The molecule has 3 heterocycles. The summed E-state index contributed by atoms with van der Waals surface area (Å²) >= 11 is 2.81. The van der Waals surface area contributed by atoms with Crippen molar-refractivity contribution in [3.63, 3.8) is 0 Å². The Bertz CT molecular complexity index is 830. The van der Waals surface area contributed by atoms with Gasteiger partial charge >= 0.3 is 11.9 Å². The first kappa shape index (κ1) is 18.2. The van der Waals surface area contributed by atoms with Gasteiger partial charge in [0, 0.05) is 0 Å². The fraction of sp³-hybridized carbons (Fsp3) is 0.222. The number of carbonyl (C=O) groups is 2. The molecule has 6 nitrogen and oxygen atoms in total. The van der Waals surface area contributed by atoms with Crippen molar-refractivity contribution in [2.75, 3.05) is 13.2 Å². The Labute approximate surface area is 158 Å². The smallest absolute Gasteiger partial charge is 0.359 e. The lowest BCUT2D eigenvalue weighted by molar-refractivity contribution is 0.0502. The first-order valence-corrected chi connectivity index (χ1v) is 9.75. The Morgan fingerprint density at radius 1 is 0.846 bits per heavy atom. The third-order valence-corrected chi connectivity index (χ3v) is 5.10. The largest absolute Gasteiger partial charge is 0.461 e. The van der Waals surface area contributed by atoms with Gasteiger partial charge in [0.25, 0.3) is 0 Å². The molecular formula is C18H16N2O4S2. The molecule has 0 saturated heterocycles. The average molecular weight is 388 g/mol. The Morgan fingerprint density at radius 3 is 1.58 bits per heavy atom. The molecule has 0 unspecified atom stereocenters. The molecule has 0 aliphatic heterocycles. The van der Waals surface area contributed by atoms with Gasteiger partial charge in [0.1, 0.15) is 11.4 Å². The van der Waals surface area contributed by atoms with Crippen molar-refractivity contribution in [3.05, 3.63) is 46.4 Å². The van der Waals surface area contributed by atoms with Crippen molar-refractivity contribution in [1.29, 1.82) is 0 Å². The van der Waals surface area contributed by atoms with Crippen molar-refractivity contribution < 1.29 is 19.1 Å². The maximum atomic E-state index is 12.5. The Balaban J connectivity index is 2.25. The number of rotatable bonds is 6. The van der Waals surface area contributed by atoms with Gasteiger partial charge in [-0.25, -0.2) is 19.6 Å². The fourth-order valence-electron chi connectivity index (χ4n) is 2.29. The zero-order chi connectivity index (χ0) is 18.5. The SMILES string of the molecule is CCOC(=O)c1nc(-c2cccs2)c(C(=O)OCC)nc1-c1cccs1. The maximum Gasteiger partial charge on any atom is 0.359 e. The molecule has 3 aromatic heterocycles. The second-order valence-corrected chi connectivity index (χ2v) is 6.91. The molecule has 0 bridgehead atoms. The van der Waals surface area contributed by atoms with E-state index >= 15 is 0 Å². The number of aromatic nitrogens is 2. The summed E-state index contributed by atoms with van der Waals surface area (Å²) in [5.41, 5.74) is 0.820. The summed E-state index contributed by atoms with van der Waals surface area (Å²) in [4.78, 5) is 35.3. The molecule has 0 saturated carbocycles.